The Hall–Kier alpha value is -2.92. The molecule has 0 aliphatic heterocycles. The Morgan fingerprint density at radius 1 is 0.963 bits per heavy atom. The van der Waals surface area contributed by atoms with Crippen molar-refractivity contribution in [3.8, 4) is 11.5 Å². The highest BCUT2D eigenvalue weighted by atomic mass is 32.2. The Labute approximate surface area is 162 Å². The molecule has 4 nitrogen and oxygen atoms in total. The Bertz CT molecular complexity index is 928. The van der Waals surface area contributed by atoms with Crippen LogP contribution in [0.4, 0.5) is 5.69 Å². The van der Waals surface area contributed by atoms with Crippen molar-refractivity contribution >= 4 is 23.4 Å². The number of phenols is 2. The minimum atomic E-state index is -0.288. The van der Waals surface area contributed by atoms with Gasteiger partial charge < -0.3 is 15.5 Å². The molecule has 5 heteroatoms. The minimum absolute atomic E-state index is 0.0938. The highest BCUT2D eigenvalue weighted by Gasteiger charge is 2.16. The maximum atomic E-state index is 12.6. The molecule has 3 aromatic carbocycles. The lowest BCUT2D eigenvalue weighted by Crippen LogP contribution is -2.22. The Balaban J connectivity index is 1.69. The van der Waals surface area contributed by atoms with Gasteiger partial charge in [-0.3, -0.25) is 4.79 Å². The van der Waals surface area contributed by atoms with Crippen molar-refractivity contribution in [1.29, 1.82) is 0 Å². The van der Waals surface area contributed by atoms with Crippen LogP contribution in [0.1, 0.15) is 12.5 Å². The van der Waals surface area contributed by atoms with Crippen LogP contribution in [0.15, 0.2) is 82.6 Å². The van der Waals surface area contributed by atoms with E-state index in [1.54, 1.807) is 17.8 Å². The van der Waals surface area contributed by atoms with Gasteiger partial charge in [-0.25, -0.2) is 0 Å². The topological polar surface area (TPSA) is 69.6 Å². The lowest BCUT2D eigenvalue weighted by Gasteiger charge is -2.15. The van der Waals surface area contributed by atoms with E-state index in [1.165, 1.54) is 12.1 Å². The second-order valence-corrected chi connectivity index (χ2v) is 7.44. The van der Waals surface area contributed by atoms with E-state index in [0.717, 1.165) is 21.0 Å². The average Bonchev–Trinajstić information content (AvgIpc) is 2.67. The van der Waals surface area contributed by atoms with E-state index in [4.69, 9.17) is 0 Å². The fourth-order valence-corrected chi connectivity index (χ4v) is 3.60. The number of rotatable bonds is 6. The highest BCUT2D eigenvalue weighted by molar-refractivity contribution is 7.99. The Morgan fingerprint density at radius 3 is 2.41 bits per heavy atom. The first-order valence-electron chi connectivity index (χ1n) is 8.66. The van der Waals surface area contributed by atoms with Crippen molar-refractivity contribution in [2.45, 2.75) is 23.1 Å². The molecule has 0 spiro atoms. The van der Waals surface area contributed by atoms with Crippen LogP contribution in [0.5, 0.6) is 11.5 Å². The lowest BCUT2D eigenvalue weighted by atomic mass is 10.00. The summed E-state index contributed by atoms with van der Waals surface area (Å²) in [4.78, 5) is 14.7. The molecular formula is C22H21NO3S. The molecule has 0 aliphatic rings. The third kappa shape index (κ3) is 5.05. The SMILES string of the molecule is CC(Cc1ccc(O)c(O)c1)C(=O)Nc1ccccc1Sc1ccccc1. The molecule has 3 N–H and O–H groups in total. The molecule has 0 aliphatic carbocycles. The van der Waals surface area contributed by atoms with Crippen molar-refractivity contribution < 1.29 is 15.0 Å². The maximum absolute atomic E-state index is 12.6. The van der Waals surface area contributed by atoms with Gasteiger partial charge >= 0.3 is 0 Å². The fourth-order valence-electron chi connectivity index (χ4n) is 2.67. The van der Waals surface area contributed by atoms with Gasteiger partial charge in [0.1, 0.15) is 0 Å². The van der Waals surface area contributed by atoms with Crippen LogP contribution in [-0.2, 0) is 11.2 Å². The van der Waals surface area contributed by atoms with Crippen molar-refractivity contribution in [3.63, 3.8) is 0 Å². The number of phenolic OH excluding ortho intramolecular Hbond substituents is 2. The molecule has 3 rings (SSSR count). The number of carbonyl (C=O) groups excluding carboxylic acids is 1. The monoisotopic (exact) mass is 379 g/mol. The molecule has 0 saturated carbocycles. The van der Waals surface area contributed by atoms with E-state index in [2.05, 4.69) is 5.32 Å². The predicted octanol–water partition coefficient (Wildman–Crippen LogP) is 5.07. The number of para-hydroxylation sites is 1. The molecule has 0 saturated heterocycles. The van der Waals surface area contributed by atoms with Gasteiger partial charge in [-0.2, -0.15) is 0 Å². The number of nitrogens with one attached hydrogen (secondary N) is 1. The van der Waals surface area contributed by atoms with Crippen LogP contribution in [0.2, 0.25) is 0 Å². The summed E-state index contributed by atoms with van der Waals surface area (Å²) in [6.07, 6.45) is 0.466. The number of hydrogen-bond acceptors (Lipinski definition) is 4. The summed E-state index contributed by atoms with van der Waals surface area (Å²) in [6, 6.07) is 22.3. The molecule has 0 heterocycles. The van der Waals surface area contributed by atoms with Gasteiger partial charge in [0, 0.05) is 15.7 Å². The van der Waals surface area contributed by atoms with Crippen LogP contribution in [0.25, 0.3) is 0 Å². The van der Waals surface area contributed by atoms with Crippen molar-refractivity contribution in [2.75, 3.05) is 5.32 Å². The number of amides is 1. The first kappa shape index (κ1) is 18.9. The number of carbonyl (C=O) groups is 1. The highest BCUT2D eigenvalue weighted by Crippen LogP contribution is 2.33. The second-order valence-electron chi connectivity index (χ2n) is 6.33. The summed E-state index contributed by atoms with van der Waals surface area (Å²) in [6.45, 7) is 1.84. The van der Waals surface area contributed by atoms with E-state index in [9.17, 15) is 15.0 Å². The maximum Gasteiger partial charge on any atom is 0.227 e. The summed E-state index contributed by atoms with van der Waals surface area (Å²) in [5.41, 5.74) is 1.57. The first-order valence-corrected chi connectivity index (χ1v) is 9.48. The Kier molecular flexibility index (Phi) is 6.04. The molecule has 27 heavy (non-hydrogen) atoms. The van der Waals surface area contributed by atoms with E-state index >= 15 is 0 Å². The zero-order chi connectivity index (χ0) is 19.2. The summed E-state index contributed by atoms with van der Waals surface area (Å²) in [7, 11) is 0. The molecule has 1 atom stereocenters. The summed E-state index contributed by atoms with van der Waals surface area (Å²) in [5.74, 6) is -0.722. The lowest BCUT2D eigenvalue weighted by molar-refractivity contribution is -0.119. The van der Waals surface area contributed by atoms with Gasteiger partial charge in [0.15, 0.2) is 11.5 Å². The molecule has 1 unspecified atom stereocenters. The zero-order valence-electron chi connectivity index (χ0n) is 14.9. The van der Waals surface area contributed by atoms with Crippen LogP contribution in [0, 0.1) is 5.92 Å². The van der Waals surface area contributed by atoms with Crippen molar-refractivity contribution in [3.05, 3.63) is 78.4 Å². The molecule has 0 bridgehead atoms. The third-order valence-corrected chi connectivity index (χ3v) is 5.23. The van der Waals surface area contributed by atoms with E-state index < -0.39 is 0 Å². The minimum Gasteiger partial charge on any atom is -0.504 e. The summed E-state index contributed by atoms with van der Waals surface area (Å²) >= 11 is 1.60. The van der Waals surface area contributed by atoms with Gasteiger partial charge in [-0.1, -0.05) is 55.1 Å². The molecule has 0 aromatic heterocycles. The first-order chi connectivity index (χ1) is 13.0. The second kappa shape index (κ2) is 8.64. The van der Waals surface area contributed by atoms with Crippen LogP contribution >= 0.6 is 11.8 Å². The average molecular weight is 379 g/mol. The summed E-state index contributed by atoms with van der Waals surface area (Å²) in [5, 5.41) is 22.0. The normalized spacial score (nSPS) is 11.7. The standard InChI is InChI=1S/C22H21NO3S/c1-15(13-16-11-12-19(24)20(25)14-16)22(26)23-18-9-5-6-10-21(18)27-17-7-3-2-4-8-17/h2-12,14-15,24-25H,13H2,1H3,(H,23,26). The third-order valence-electron chi connectivity index (χ3n) is 4.15. The number of aromatic hydroxyl groups is 2. The number of benzene rings is 3. The van der Waals surface area contributed by atoms with Gasteiger partial charge in [0.2, 0.25) is 5.91 Å². The molecule has 3 aromatic rings. The molecule has 138 valence electrons. The smallest absolute Gasteiger partial charge is 0.227 e. The van der Waals surface area contributed by atoms with E-state index in [-0.39, 0.29) is 23.3 Å². The van der Waals surface area contributed by atoms with Gasteiger partial charge in [-0.05, 0) is 48.4 Å². The van der Waals surface area contributed by atoms with Crippen LogP contribution < -0.4 is 5.32 Å². The van der Waals surface area contributed by atoms with E-state index in [0.29, 0.717) is 6.42 Å². The van der Waals surface area contributed by atoms with E-state index in [1.807, 2.05) is 61.5 Å². The Morgan fingerprint density at radius 2 is 1.67 bits per heavy atom. The van der Waals surface area contributed by atoms with Crippen molar-refractivity contribution in [2.24, 2.45) is 5.92 Å². The quantitative estimate of drug-likeness (QED) is 0.523. The fraction of sp³-hybridized carbons (Fsp3) is 0.136. The van der Waals surface area contributed by atoms with Crippen LogP contribution in [-0.4, -0.2) is 16.1 Å². The van der Waals surface area contributed by atoms with Gasteiger partial charge in [0.05, 0.1) is 5.69 Å². The van der Waals surface area contributed by atoms with Gasteiger partial charge in [-0.15, -0.1) is 0 Å². The van der Waals surface area contributed by atoms with Crippen molar-refractivity contribution in [1.82, 2.24) is 0 Å². The molecule has 0 radical (unpaired) electrons. The predicted molar refractivity (Wildman–Crippen MR) is 108 cm³/mol. The van der Waals surface area contributed by atoms with Crippen LogP contribution in [0.3, 0.4) is 0 Å². The molecular weight excluding hydrogens is 358 g/mol. The number of hydrogen-bond donors (Lipinski definition) is 3. The molecule has 0 fully saturated rings. The number of anilines is 1. The summed E-state index contributed by atoms with van der Waals surface area (Å²) < 4.78 is 0. The molecule has 1 amide bonds. The van der Waals surface area contributed by atoms with Gasteiger partial charge in [0.25, 0.3) is 0 Å². The zero-order valence-corrected chi connectivity index (χ0v) is 15.7. The largest absolute Gasteiger partial charge is 0.504 e.